The largest absolute Gasteiger partial charge is 0.380 e. The highest BCUT2D eigenvalue weighted by molar-refractivity contribution is 7.84. The van der Waals surface area contributed by atoms with Gasteiger partial charge in [0.15, 0.2) is 0 Å². The van der Waals surface area contributed by atoms with E-state index in [1.807, 2.05) is 6.07 Å². The van der Waals surface area contributed by atoms with Gasteiger partial charge in [-0.25, -0.2) is 0 Å². The maximum atomic E-state index is 11.1. The van der Waals surface area contributed by atoms with Gasteiger partial charge < -0.3 is 4.18 Å². The van der Waals surface area contributed by atoms with Crippen molar-refractivity contribution in [2.75, 3.05) is 0 Å². The zero-order valence-electron chi connectivity index (χ0n) is 13.4. The molecule has 6 heteroatoms. The van der Waals surface area contributed by atoms with Crippen LogP contribution in [0.1, 0.15) is 43.6 Å². The summed E-state index contributed by atoms with van der Waals surface area (Å²) in [5.74, 6) is 4.63. The van der Waals surface area contributed by atoms with Gasteiger partial charge in [0.05, 0.1) is 0 Å². The molecule has 2 aromatic rings. The van der Waals surface area contributed by atoms with Crippen LogP contribution in [0.4, 0.5) is 0 Å². The Bertz CT molecular complexity index is 874. The van der Waals surface area contributed by atoms with Gasteiger partial charge in [-0.1, -0.05) is 0 Å². The van der Waals surface area contributed by atoms with Crippen LogP contribution in [0.3, 0.4) is 0 Å². The first kappa shape index (κ1) is 15.2. The first-order valence-electron chi connectivity index (χ1n) is 8.69. The van der Waals surface area contributed by atoms with Crippen LogP contribution < -0.4 is 9.32 Å². The Kier molecular flexibility index (Phi) is 3.28. The van der Waals surface area contributed by atoms with E-state index in [-0.39, 0.29) is 0 Å². The fourth-order valence-corrected chi connectivity index (χ4v) is 7.31. The van der Waals surface area contributed by atoms with E-state index >= 15 is 0 Å². The van der Waals surface area contributed by atoms with Crippen molar-refractivity contribution in [3.8, 4) is 5.75 Å². The Morgan fingerprint density at radius 2 is 1.71 bits per heavy atom. The fraction of sp³-hybridized carbons (Fsp3) is 0.556. The predicted molar refractivity (Wildman–Crippen MR) is 95.3 cm³/mol. The number of rotatable bonds is 3. The maximum Gasteiger partial charge on any atom is 0.380 e. The Morgan fingerprint density at radius 1 is 1.04 bits per heavy atom. The SMILES string of the molecule is NS(=O)(=O)Oc1ccc2c(C3C4CC5CC(C4)CC3C5)csc2c1. The van der Waals surface area contributed by atoms with Gasteiger partial charge in [0.25, 0.3) is 0 Å². The van der Waals surface area contributed by atoms with Crippen molar-refractivity contribution in [1.82, 2.24) is 0 Å². The number of hydrogen-bond donors (Lipinski definition) is 1. The molecule has 4 saturated carbocycles. The van der Waals surface area contributed by atoms with Gasteiger partial charge in [0, 0.05) is 4.70 Å². The van der Waals surface area contributed by atoms with Crippen LogP contribution in [-0.2, 0) is 10.3 Å². The molecule has 0 saturated heterocycles. The van der Waals surface area contributed by atoms with Gasteiger partial charge in [-0.05, 0) is 96.2 Å². The first-order valence-corrected chi connectivity index (χ1v) is 11.0. The molecule has 4 nitrogen and oxygen atoms in total. The van der Waals surface area contributed by atoms with Gasteiger partial charge in [-0.15, -0.1) is 11.3 Å². The molecule has 0 aliphatic heterocycles. The summed E-state index contributed by atoms with van der Waals surface area (Å²) in [6, 6.07) is 5.52. The van der Waals surface area contributed by atoms with E-state index in [0.29, 0.717) is 11.7 Å². The van der Waals surface area contributed by atoms with Gasteiger partial charge in [0.1, 0.15) is 5.75 Å². The lowest BCUT2D eigenvalue weighted by molar-refractivity contribution is -0.00219. The lowest BCUT2D eigenvalue weighted by Gasteiger charge is -2.54. The topological polar surface area (TPSA) is 69.4 Å². The lowest BCUT2D eigenvalue weighted by Crippen LogP contribution is -2.43. The third-order valence-corrected chi connectivity index (χ3v) is 7.76. The summed E-state index contributed by atoms with van der Waals surface area (Å²) in [4.78, 5) is 0. The molecule has 0 atom stereocenters. The highest BCUT2D eigenvalue weighted by atomic mass is 32.2. The van der Waals surface area contributed by atoms with Crippen LogP contribution in [0, 0.1) is 23.7 Å². The van der Waals surface area contributed by atoms with Gasteiger partial charge in [-0.3, -0.25) is 0 Å². The van der Waals surface area contributed by atoms with Crippen molar-refractivity contribution >= 4 is 31.7 Å². The molecule has 0 amide bonds. The molecule has 0 unspecified atom stereocenters. The molecular weight excluding hydrogens is 342 g/mol. The van der Waals surface area contributed by atoms with Gasteiger partial charge in [-0.2, -0.15) is 13.6 Å². The van der Waals surface area contributed by atoms with Gasteiger partial charge in [0.2, 0.25) is 0 Å². The third kappa shape index (κ3) is 2.47. The van der Waals surface area contributed by atoms with E-state index in [4.69, 9.17) is 9.32 Å². The van der Waals surface area contributed by atoms with Crippen LogP contribution in [0.2, 0.25) is 0 Å². The molecule has 6 rings (SSSR count). The summed E-state index contributed by atoms with van der Waals surface area (Å²) in [5, 5.41) is 8.52. The van der Waals surface area contributed by atoms with Crippen LogP contribution in [0.25, 0.3) is 10.1 Å². The standard InChI is InChI=1S/C18H21NO3S2/c19-24(20,21)22-14-1-2-15-16(9-23-17(15)8-14)18-12-4-10-3-11(6-12)7-13(18)5-10/h1-2,8-13,18H,3-7H2,(H2,19,20,21). The lowest BCUT2D eigenvalue weighted by atomic mass is 9.51. The second kappa shape index (κ2) is 5.19. The molecule has 128 valence electrons. The highest BCUT2D eigenvalue weighted by Gasteiger charge is 2.49. The summed E-state index contributed by atoms with van der Waals surface area (Å²) in [5.41, 5.74) is 1.48. The summed E-state index contributed by atoms with van der Waals surface area (Å²) in [7, 11) is -3.97. The summed E-state index contributed by atoms with van der Waals surface area (Å²) in [6.45, 7) is 0. The van der Waals surface area contributed by atoms with Crippen molar-refractivity contribution in [1.29, 1.82) is 0 Å². The van der Waals surface area contributed by atoms with E-state index in [2.05, 4.69) is 5.38 Å². The molecule has 1 aromatic heterocycles. The van der Waals surface area contributed by atoms with Crippen molar-refractivity contribution in [3.63, 3.8) is 0 Å². The number of fused-ring (bicyclic) bond motifs is 1. The maximum absolute atomic E-state index is 11.1. The second-order valence-corrected chi connectivity index (χ2v) is 9.95. The molecule has 4 aliphatic rings. The Morgan fingerprint density at radius 3 is 2.33 bits per heavy atom. The molecular formula is C18H21NO3S2. The molecule has 24 heavy (non-hydrogen) atoms. The van der Waals surface area contributed by atoms with Crippen LogP contribution in [0.5, 0.6) is 5.75 Å². The predicted octanol–water partition coefficient (Wildman–Crippen LogP) is 4.02. The summed E-state index contributed by atoms with van der Waals surface area (Å²) < 4.78 is 28.1. The normalized spacial score (nSPS) is 34.8. The molecule has 2 N–H and O–H groups in total. The molecule has 4 fully saturated rings. The van der Waals surface area contributed by atoms with Crippen LogP contribution >= 0.6 is 11.3 Å². The summed E-state index contributed by atoms with van der Waals surface area (Å²) in [6.07, 6.45) is 7.09. The molecule has 0 radical (unpaired) electrons. The van der Waals surface area contributed by atoms with E-state index in [1.165, 1.54) is 43.1 Å². The quantitative estimate of drug-likeness (QED) is 0.895. The van der Waals surface area contributed by atoms with Crippen LogP contribution in [-0.4, -0.2) is 8.42 Å². The minimum atomic E-state index is -3.97. The number of thiophene rings is 1. The Balaban J connectivity index is 1.52. The third-order valence-electron chi connectivity index (χ3n) is 6.38. The number of benzene rings is 1. The zero-order chi connectivity index (χ0) is 16.5. The zero-order valence-corrected chi connectivity index (χ0v) is 15.0. The molecule has 1 aromatic carbocycles. The molecule has 0 spiro atoms. The first-order chi connectivity index (χ1) is 11.5. The van der Waals surface area contributed by atoms with Crippen LogP contribution in [0.15, 0.2) is 23.6 Å². The molecule has 1 heterocycles. The number of hydrogen-bond acceptors (Lipinski definition) is 4. The van der Waals surface area contributed by atoms with Crippen molar-refractivity contribution in [2.24, 2.45) is 28.8 Å². The number of nitrogens with two attached hydrogens (primary N) is 1. The monoisotopic (exact) mass is 363 g/mol. The summed E-state index contributed by atoms with van der Waals surface area (Å²) >= 11 is 1.68. The van der Waals surface area contributed by atoms with Crippen molar-refractivity contribution in [3.05, 3.63) is 29.1 Å². The van der Waals surface area contributed by atoms with Gasteiger partial charge >= 0.3 is 10.3 Å². The average molecular weight is 364 g/mol. The second-order valence-electron chi connectivity index (χ2n) is 7.88. The fourth-order valence-electron chi connectivity index (χ4n) is 5.91. The molecule has 4 aliphatic carbocycles. The van der Waals surface area contributed by atoms with E-state index in [9.17, 15) is 8.42 Å². The van der Waals surface area contributed by atoms with E-state index in [0.717, 1.165) is 28.4 Å². The minimum absolute atomic E-state index is 0.295. The smallest absolute Gasteiger partial charge is 0.371 e. The highest BCUT2D eigenvalue weighted by Crippen LogP contribution is 2.60. The van der Waals surface area contributed by atoms with E-state index in [1.54, 1.807) is 23.5 Å². The molecule has 4 bridgehead atoms. The minimum Gasteiger partial charge on any atom is -0.371 e. The van der Waals surface area contributed by atoms with E-state index < -0.39 is 10.3 Å². The van der Waals surface area contributed by atoms with Crippen molar-refractivity contribution < 1.29 is 12.6 Å². The average Bonchev–Trinajstić information content (AvgIpc) is 2.87. The Hall–Kier alpha value is -1.11. The Labute approximate surface area is 146 Å². The van der Waals surface area contributed by atoms with Crippen molar-refractivity contribution in [2.45, 2.75) is 38.0 Å².